The Morgan fingerprint density at radius 2 is 1.77 bits per heavy atom. The highest BCUT2D eigenvalue weighted by Crippen LogP contribution is 2.05. The first-order chi connectivity index (χ1) is 5.95. The van der Waals surface area contributed by atoms with Crippen molar-refractivity contribution in [3.63, 3.8) is 0 Å². The van der Waals surface area contributed by atoms with E-state index in [1.54, 1.807) is 0 Å². The van der Waals surface area contributed by atoms with E-state index in [9.17, 15) is 0 Å². The van der Waals surface area contributed by atoms with Crippen LogP contribution in [-0.2, 0) is 0 Å². The van der Waals surface area contributed by atoms with E-state index in [4.69, 9.17) is 5.73 Å². The van der Waals surface area contributed by atoms with Gasteiger partial charge >= 0.3 is 0 Å². The fraction of sp³-hybridized carbons (Fsp3) is 1.00. The summed E-state index contributed by atoms with van der Waals surface area (Å²) in [5, 5.41) is 0. The third-order valence-electron chi connectivity index (χ3n) is 2.28. The van der Waals surface area contributed by atoms with Gasteiger partial charge in [0.05, 0.1) is 0 Å². The number of unbranched alkanes of at least 4 members (excludes halogenated alkanes) is 2. The van der Waals surface area contributed by atoms with Gasteiger partial charge in [0.25, 0.3) is 0 Å². The lowest BCUT2D eigenvalue weighted by Gasteiger charge is -2.23. The Hall–Kier alpha value is -0.0800. The highest BCUT2D eigenvalue weighted by Gasteiger charge is 2.10. The standard InChI is InChI=1S/C11H26N2/c1-5-6-7-9-13(4)10-8-11(2,3)12/h5-10,12H2,1-4H3. The predicted octanol–water partition coefficient (Wildman–Crippen LogP) is 2.24. The quantitative estimate of drug-likeness (QED) is 0.618. The lowest BCUT2D eigenvalue weighted by Crippen LogP contribution is -2.36. The van der Waals surface area contributed by atoms with Crippen molar-refractivity contribution in [3.05, 3.63) is 0 Å². The summed E-state index contributed by atoms with van der Waals surface area (Å²) in [5.41, 5.74) is 5.90. The second-order valence-corrected chi connectivity index (χ2v) is 4.75. The molecule has 0 atom stereocenters. The van der Waals surface area contributed by atoms with Crippen molar-refractivity contribution in [2.75, 3.05) is 20.1 Å². The summed E-state index contributed by atoms with van der Waals surface area (Å²) in [5.74, 6) is 0. The van der Waals surface area contributed by atoms with E-state index < -0.39 is 0 Å². The van der Waals surface area contributed by atoms with Gasteiger partial charge in [-0.05, 0) is 46.8 Å². The average molecular weight is 186 g/mol. The van der Waals surface area contributed by atoms with Crippen LogP contribution >= 0.6 is 0 Å². The van der Waals surface area contributed by atoms with Crippen molar-refractivity contribution in [1.29, 1.82) is 0 Å². The average Bonchev–Trinajstić information content (AvgIpc) is 2.00. The topological polar surface area (TPSA) is 29.3 Å². The van der Waals surface area contributed by atoms with Crippen molar-refractivity contribution in [2.24, 2.45) is 5.73 Å². The molecule has 0 fully saturated rings. The summed E-state index contributed by atoms with van der Waals surface area (Å²) in [6, 6.07) is 0. The molecule has 0 aromatic heterocycles. The van der Waals surface area contributed by atoms with Gasteiger partial charge in [0.2, 0.25) is 0 Å². The maximum Gasteiger partial charge on any atom is 0.0109 e. The van der Waals surface area contributed by atoms with Gasteiger partial charge in [-0.15, -0.1) is 0 Å². The Morgan fingerprint density at radius 1 is 1.15 bits per heavy atom. The van der Waals surface area contributed by atoms with Crippen LogP contribution in [0.2, 0.25) is 0 Å². The van der Waals surface area contributed by atoms with E-state index in [2.05, 4.69) is 32.7 Å². The molecule has 0 spiro atoms. The molecule has 0 saturated carbocycles. The van der Waals surface area contributed by atoms with E-state index in [0.717, 1.165) is 13.0 Å². The van der Waals surface area contributed by atoms with Gasteiger partial charge in [0.1, 0.15) is 0 Å². The highest BCUT2D eigenvalue weighted by atomic mass is 15.1. The monoisotopic (exact) mass is 186 g/mol. The van der Waals surface area contributed by atoms with Crippen molar-refractivity contribution >= 4 is 0 Å². The first-order valence-corrected chi connectivity index (χ1v) is 5.43. The minimum absolute atomic E-state index is 0.0149. The normalized spacial score (nSPS) is 12.5. The van der Waals surface area contributed by atoms with Crippen LogP contribution in [0.5, 0.6) is 0 Å². The molecule has 0 bridgehead atoms. The maximum absolute atomic E-state index is 5.91. The highest BCUT2D eigenvalue weighted by molar-refractivity contribution is 4.72. The van der Waals surface area contributed by atoms with Gasteiger partial charge in [-0.2, -0.15) is 0 Å². The fourth-order valence-corrected chi connectivity index (χ4v) is 1.22. The Morgan fingerprint density at radius 3 is 2.23 bits per heavy atom. The molecule has 0 saturated heterocycles. The number of nitrogens with zero attached hydrogens (tertiary/aromatic N) is 1. The van der Waals surface area contributed by atoms with Crippen LogP contribution in [0.25, 0.3) is 0 Å². The number of nitrogens with two attached hydrogens (primary N) is 1. The molecule has 0 aromatic carbocycles. The van der Waals surface area contributed by atoms with E-state index >= 15 is 0 Å². The second-order valence-electron chi connectivity index (χ2n) is 4.75. The van der Waals surface area contributed by atoms with Crippen LogP contribution in [-0.4, -0.2) is 30.6 Å². The first kappa shape index (κ1) is 12.9. The van der Waals surface area contributed by atoms with Crippen LogP contribution < -0.4 is 5.73 Å². The third-order valence-corrected chi connectivity index (χ3v) is 2.28. The van der Waals surface area contributed by atoms with Gasteiger partial charge in [-0.3, -0.25) is 0 Å². The number of hydrogen-bond donors (Lipinski definition) is 1. The lowest BCUT2D eigenvalue weighted by atomic mass is 10.0. The Kier molecular flexibility index (Phi) is 6.35. The lowest BCUT2D eigenvalue weighted by molar-refractivity contribution is 0.290. The molecule has 2 nitrogen and oxygen atoms in total. The molecule has 2 heteroatoms. The SMILES string of the molecule is CCCCCN(C)CCC(C)(C)N. The summed E-state index contributed by atoms with van der Waals surface area (Å²) < 4.78 is 0. The van der Waals surface area contributed by atoms with Gasteiger partial charge in [-0.25, -0.2) is 0 Å². The Labute approximate surface area is 83.5 Å². The van der Waals surface area contributed by atoms with Gasteiger partial charge in [0.15, 0.2) is 0 Å². The van der Waals surface area contributed by atoms with E-state index in [-0.39, 0.29) is 5.54 Å². The van der Waals surface area contributed by atoms with Crippen LogP contribution in [0.4, 0.5) is 0 Å². The molecule has 13 heavy (non-hydrogen) atoms. The zero-order chi connectivity index (χ0) is 10.3. The molecule has 0 aliphatic carbocycles. The molecule has 0 heterocycles. The second kappa shape index (κ2) is 6.39. The van der Waals surface area contributed by atoms with Gasteiger partial charge < -0.3 is 10.6 Å². The van der Waals surface area contributed by atoms with Crippen molar-refractivity contribution in [1.82, 2.24) is 4.90 Å². The first-order valence-electron chi connectivity index (χ1n) is 5.43. The van der Waals surface area contributed by atoms with Crippen LogP contribution in [0.15, 0.2) is 0 Å². The van der Waals surface area contributed by atoms with Gasteiger partial charge in [0, 0.05) is 5.54 Å². The van der Waals surface area contributed by atoms with Gasteiger partial charge in [-0.1, -0.05) is 19.8 Å². The molecule has 0 amide bonds. The molecule has 0 aliphatic heterocycles. The molecule has 0 aromatic rings. The van der Waals surface area contributed by atoms with E-state index in [1.807, 2.05) is 0 Å². The molecule has 2 N–H and O–H groups in total. The van der Waals surface area contributed by atoms with Crippen LogP contribution in [0.1, 0.15) is 46.5 Å². The van der Waals surface area contributed by atoms with Crippen molar-refractivity contribution in [2.45, 2.75) is 52.0 Å². The van der Waals surface area contributed by atoms with E-state index in [1.165, 1.54) is 25.8 Å². The van der Waals surface area contributed by atoms with Crippen molar-refractivity contribution in [3.8, 4) is 0 Å². The molecule has 0 rings (SSSR count). The summed E-state index contributed by atoms with van der Waals surface area (Å²) in [6.07, 6.45) is 5.04. The van der Waals surface area contributed by atoms with Crippen LogP contribution in [0, 0.1) is 0 Å². The summed E-state index contributed by atoms with van der Waals surface area (Å²) in [4.78, 5) is 2.38. The fourth-order valence-electron chi connectivity index (χ4n) is 1.22. The minimum Gasteiger partial charge on any atom is -0.326 e. The molecule has 0 radical (unpaired) electrons. The molecule has 0 unspecified atom stereocenters. The summed E-state index contributed by atoms with van der Waals surface area (Å²) >= 11 is 0. The van der Waals surface area contributed by atoms with Crippen molar-refractivity contribution < 1.29 is 0 Å². The Balaban J connectivity index is 3.35. The molecular weight excluding hydrogens is 160 g/mol. The molecular formula is C11H26N2. The number of rotatable bonds is 7. The third kappa shape index (κ3) is 9.84. The van der Waals surface area contributed by atoms with E-state index in [0.29, 0.717) is 0 Å². The maximum atomic E-state index is 5.91. The Bertz CT molecular complexity index is 116. The molecule has 80 valence electrons. The smallest absolute Gasteiger partial charge is 0.0109 e. The van der Waals surface area contributed by atoms with Crippen LogP contribution in [0.3, 0.4) is 0 Å². The summed E-state index contributed by atoms with van der Waals surface area (Å²) in [7, 11) is 2.18. The largest absolute Gasteiger partial charge is 0.326 e. The number of hydrogen-bond acceptors (Lipinski definition) is 2. The zero-order valence-electron chi connectivity index (χ0n) is 9.77. The molecule has 0 aliphatic rings. The minimum atomic E-state index is -0.0149. The summed E-state index contributed by atoms with van der Waals surface area (Å²) in [6.45, 7) is 8.75. The zero-order valence-corrected chi connectivity index (χ0v) is 9.77. The predicted molar refractivity (Wildman–Crippen MR) is 59.9 cm³/mol.